The molecule has 2 heterocycles. The Bertz CT molecular complexity index is 1120. The SMILES string of the molecule is CC(C)N1CC2=C(OC(N)=C(C#N)[C@H]2c2ccc(F)cc2)/C(=C/c2ccc(F)cc2)C1. The summed E-state index contributed by atoms with van der Waals surface area (Å²) < 4.78 is 32.9. The zero-order valence-corrected chi connectivity index (χ0v) is 17.4. The van der Waals surface area contributed by atoms with E-state index in [9.17, 15) is 14.0 Å². The van der Waals surface area contributed by atoms with Crippen molar-refractivity contribution in [3.05, 3.63) is 99.7 Å². The van der Waals surface area contributed by atoms with Crippen LogP contribution >= 0.6 is 0 Å². The number of nitrogens with zero attached hydrogens (tertiary/aromatic N) is 2. The average Bonchev–Trinajstić information content (AvgIpc) is 2.75. The van der Waals surface area contributed by atoms with E-state index in [1.165, 1.54) is 24.3 Å². The van der Waals surface area contributed by atoms with Gasteiger partial charge in [0.15, 0.2) is 0 Å². The Morgan fingerprint density at radius 1 is 1.06 bits per heavy atom. The monoisotopic (exact) mass is 419 g/mol. The Hall–Kier alpha value is -3.43. The number of allylic oxidation sites excluding steroid dienone is 1. The topological polar surface area (TPSA) is 62.3 Å². The summed E-state index contributed by atoms with van der Waals surface area (Å²) in [6, 6.07) is 14.8. The van der Waals surface area contributed by atoms with Crippen molar-refractivity contribution >= 4 is 6.08 Å². The molecular weight excluding hydrogens is 396 g/mol. The summed E-state index contributed by atoms with van der Waals surface area (Å²) in [5.41, 5.74) is 9.90. The molecule has 0 bridgehead atoms. The van der Waals surface area contributed by atoms with Crippen molar-refractivity contribution < 1.29 is 13.5 Å². The lowest BCUT2D eigenvalue weighted by Gasteiger charge is -2.39. The van der Waals surface area contributed by atoms with Gasteiger partial charge in [0.05, 0.1) is 5.92 Å². The van der Waals surface area contributed by atoms with Gasteiger partial charge in [-0.2, -0.15) is 5.26 Å². The van der Waals surface area contributed by atoms with Crippen LogP contribution in [0.15, 0.2) is 76.9 Å². The van der Waals surface area contributed by atoms with Gasteiger partial charge in [0, 0.05) is 24.7 Å². The summed E-state index contributed by atoms with van der Waals surface area (Å²) in [5, 5.41) is 9.81. The summed E-state index contributed by atoms with van der Waals surface area (Å²) >= 11 is 0. The van der Waals surface area contributed by atoms with Gasteiger partial charge in [-0.1, -0.05) is 24.3 Å². The van der Waals surface area contributed by atoms with Gasteiger partial charge in [-0.15, -0.1) is 0 Å². The molecule has 2 aliphatic rings. The van der Waals surface area contributed by atoms with Crippen molar-refractivity contribution in [3.8, 4) is 6.07 Å². The Morgan fingerprint density at radius 2 is 1.68 bits per heavy atom. The summed E-state index contributed by atoms with van der Waals surface area (Å²) in [5.74, 6) is -0.381. The molecule has 2 aliphatic heterocycles. The molecule has 0 aliphatic carbocycles. The molecule has 0 fully saturated rings. The summed E-state index contributed by atoms with van der Waals surface area (Å²) in [7, 11) is 0. The van der Waals surface area contributed by atoms with Gasteiger partial charge in [0.1, 0.15) is 29.0 Å². The fraction of sp³-hybridized carbons (Fsp3) is 0.240. The van der Waals surface area contributed by atoms with E-state index in [-0.39, 0.29) is 23.6 Å². The Labute approximate surface area is 180 Å². The highest BCUT2D eigenvalue weighted by molar-refractivity contribution is 5.63. The third-order valence-corrected chi connectivity index (χ3v) is 5.71. The van der Waals surface area contributed by atoms with E-state index in [1.807, 2.05) is 6.08 Å². The summed E-state index contributed by atoms with van der Waals surface area (Å²) in [6.45, 7) is 5.42. The van der Waals surface area contributed by atoms with Crippen LogP contribution in [-0.4, -0.2) is 24.0 Å². The average molecular weight is 419 g/mol. The summed E-state index contributed by atoms with van der Waals surface area (Å²) in [6.07, 6.45) is 1.95. The van der Waals surface area contributed by atoms with Crippen LogP contribution in [0.1, 0.15) is 30.9 Å². The van der Waals surface area contributed by atoms with Gasteiger partial charge in [0.2, 0.25) is 5.88 Å². The number of rotatable bonds is 3. The molecule has 0 spiro atoms. The second kappa shape index (κ2) is 8.37. The largest absolute Gasteiger partial charge is 0.440 e. The fourth-order valence-corrected chi connectivity index (χ4v) is 4.06. The molecule has 0 unspecified atom stereocenters. The Morgan fingerprint density at radius 3 is 2.26 bits per heavy atom. The van der Waals surface area contributed by atoms with Crippen molar-refractivity contribution in [3.63, 3.8) is 0 Å². The van der Waals surface area contributed by atoms with Crippen LogP contribution in [0.3, 0.4) is 0 Å². The maximum atomic E-state index is 13.6. The normalized spacial score (nSPS) is 20.6. The lowest BCUT2D eigenvalue weighted by molar-refractivity contribution is 0.208. The van der Waals surface area contributed by atoms with Gasteiger partial charge in [-0.3, -0.25) is 4.90 Å². The van der Waals surface area contributed by atoms with E-state index < -0.39 is 5.92 Å². The molecular formula is C25H23F2N3O. The van der Waals surface area contributed by atoms with E-state index in [0.717, 1.165) is 22.3 Å². The first-order valence-electron chi connectivity index (χ1n) is 10.1. The van der Waals surface area contributed by atoms with Gasteiger partial charge in [-0.25, -0.2) is 8.78 Å². The van der Waals surface area contributed by atoms with Crippen molar-refractivity contribution in [2.24, 2.45) is 5.73 Å². The highest BCUT2D eigenvalue weighted by atomic mass is 19.1. The van der Waals surface area contributed by atoms with E-state index in [4.69, 9.17) is 10.5 Å². The summed E-state index contributed by atoms with van der Waals surface area (Å²) in [4.78, 5) is 2.27. The Balaban J connectivity index is 1.88. The number of ether oxygens (including phenoxy) is 1. The predicted molar refractivity (Wildman–Crippen MR) is 115 cm³/mol. The first-order valence-corrected chi connectivity index (χ1v) is 10.1. The lowest BCUT2D eigenvalue weighted by Crippen LogP contribution is -2.41. The van der Waals surface area contributed by atoms with Crippen molar-refractivity contribution in [2.45, 2.75) is 25.8 Å². The number of nitriles is 1. The predicted octanol–water partition coefficient (Wildman–Crippen LogP) is 4.83. The molecule has 0 saturated heterocycles. The van der Waals surface area contributed by atoms with Crippen LogP contribution < -0.4 is 5.73 Å². The van der Waals surface area contributed by atoms with Crippen LogP contribution in [0.4, 0.5) is 8.78 Å². The van der Waals surface area contributed by atoms with Crippen LogP contribution in [0.25, 0.3) is 6.08 Å². The number of hydrogen-bond acceptors (Lipinski definition) is 4. The van der Waals surface area contributed by atoms with Crippen molar-refractivity contribution in [1.82, 2.24) is 4.90 Å². The van der Waals surface area contributed by atoms with Gasteiger partial charge < -0.3 is 10.5 Å². The van der Waals surface area contributed by atoms with Crippen LogP contribution in [-0.2, 0) is 4.74 Å². The minimum atomic E-state index is -0.424. The molecule has 0 amide bonds. The molecule has 0 saturated carbocycles. The third kappa shape index (κ3) is 4.10. The Kier molecular flexibility index (Phi) is 5.62. The van der Waals surface area contributed by atoms with E-state index >= 15 is 0 Å². The second-order valence-electron chi connectivity index (χ2n) is 8.05. The molecule has 2 N–H and O–H groups in total. The molecule has 6 heteroatoms. The number of hydrogen-bond donors (Lipinski definition) is 1. The van der Waals surface area contributed by atoms with E-state index in [2.05, 4.69) is 24.8 Å². The molecule has 0 radical (unpaired) electrons. The molecule has 31 heavy (non-hydrogen) atoms. The van der Waals surface area contributed by atoms with Crippen molar-refractivity contribution in [1.29, 1.82) is 5.26 Å². The lowest BCUT2D eigenvalue weighted by atomic mass is 9.80. The van der Waals surface area contributed by atoms with Crippen LogP contribution in [0.5, 0.6) is 0 Å². The second-order valence-corrected chi connectivity index (χ2v) is 8.05. The zero-order chi connectivity index (χ0) is 22.1. The van der Waals surface area contributed by atoms with Crippen LogP contribution in [0, 0.1) is 23.0 Å². The maximum Gasteiger partial charge on any atom is 0.205 e. The van der Waals surface area contributed by atoms with Crippen molar-refractivity contribution in [2.75, 3.05) is 13.1 Å². The molecule has 158 valence electrons. The zero-order valence-electron chi connectivity index (χ0n) is 17.4. The highest BCUT2D eigenvalue weighted by Crippen LogP contribution is 2.44. The highest BCUT2D eigenvalue weighted by Gasteiger charge is 2.38. The van der Waals surface area contributed by atoms with Gasteiger partial charge in [-0.05, 0) is 60.9 Å². The first kappa shape index (κ1) is 20.8. The standard InChI is InChI=1S/C25H23F2N3O/c1-15(2)30-13-18(11-16-3-7-19(26)8-4-16)24-22(14-30)23(21(12-28)25(29)31-24)17-5-9-20(27)10-6-17/h3-11,15,23H,13-14,29H2,1-2H3/b18-11+/t23-/m1/s1. The fourth-order valence-electron chi connectivity index (χ4n) is 4.06. The smallest absolute Gasteiger partial charge is 0.205 e. The van der Waals surface area contributed by atoms with E-state index in [1.54, 1.807) is 24.3 Å². The van der Waals surface area contributed by atoms with Gasteiger partial charge >= 0.3 is 0 Å². The number of benzene rings is 2. The first-order chi connectivity index (χ1) is 14.9. The maximum absolute atomic E-state index is 13.6. The number of halogens is 2. The molecule has 0 aromatic heterocycles. The molecule has 2 aromatic rings. The molecule has 4 rings (SSSR count). The molecule has 4 nitrogen and oxygen atoms in total. The quantitative estimate of drug-likeness (QED) is 0.774. The van der Waals surface area contributed by atoms with E-state index in [0.29, 0.717) is 24.4 Å². The number of nitrogens with two attached hydrogens (primary N) is 1. The van der Waals surface area contributed by atoms with Gasteiger partial charge in [0.25, 0.3) is 0 Å². The minimum Gasteiger partial charge on any atom is -0.440 e. The minimum absolute atomic E-state index is 0.0542. The third-order valence-electron chi connectivity index (χ3n) is 5.71. The molecule has 2 aromatic carbocycles. The molecule has 1 atom stereocenters. The van der Waals surface area contributed by atoms with Crippen LogP contribution in [0.2, 0.25) is 0 Å².